The summed E-state index contributed by atoms with van der Waals surface area (Å²) in [7, 11) is -2.44. The quantitative estimate of drug-likeness (QED) is 0.115. The van der Waals surface area contributed by atoms with E-state index in [1.807, 2.05) is 12.1 Å². The van der Waals surface area contributed by atoms with Gasteiger partial charge in [0.05, 0.1) is 23.5 Å². The van der Waals surface area contributed by atoms with E-state index >= 15 is 0 Å². The van der Waals surface area contributed by atoms with Gasteiger partial charge >= 0.3 is 0 Å². The first-order valence-electron chi connectivity index (χ1n) is 13.0. The molecule has 0 spiro atoms. The van der Waals surface area contributed by atoms with E-state index in [4.69, 9.17) is 9.47 Å². The molecule has 1 aliphatic heterocycles. The van der Waals surface area contributed by atoms with Gasteiger partial charge in [-0.15, -0.1) is 11.0 Å². The van der Waals surface area contributed by atoms with E-state index < -0.39 is 10.0 Å². The molecule has 0 atom stereocenters. The van der Waals surface area contributed by atoms with Crippen LogP contribution in [-0.4, -0.2) is 44.7 Å². The molecule has 2 aromatic carbocycles. The number of hydrogen-bond acceptors (Lipinski definition) is 6. The maximum atomic E-state index is 13.1. The van der Waals surface area contributed by atoms with Gasteiger partial charge in [-0.05, 0) is 66.2 Å². The van der Waals surface area contributed by atoms with Crippen LogP contribution >= 0.6 is 27.7 Å². The molecular weight excluding hydrogens is 600 g/mol. The number of rotatable bonds is 15. The normalized spacial score (nSPS) is 15.8. The number of unbranched alkanes of at least 4 members (excludes halogenated alkanes) is 6. The molecule has 7 nitrogen and oxygen atoms in total. The zero-order chi connectivity index (χ0) is 28.3. The number of sulfonamides is 1. The van der Waals surface area contributed by atoms with E-state index in [0.29, 0.717) is 23.0 Å². The Morgan fingerprint density at radius 1 is 1.03 bits per heavy atom. The molecule has 2 aromatic rings. The van der Waals surface area contributed by atoms with Crippen LogP contribution in [0, 0.1) is 0 Å². The third kappa shape index (κ3) is 8.98. The zero-order valence-electron chi connectivity index (χ0n) is 22.4. The van der Waals surface area contributed by atoms with Crippen LogP contribution in [-0.2, 0) is 14.8 Å². The van der Waals surface area contributed by atoms with Crippen molar-refractivity contribution in [2.24, 2.45) is 4.40 Å². The van der Waals surface area contributed by atoms with E-state index in [9.17, 15) is 13.2 Å². The van der Waals surface area contributed by atoms with Crippen molar-refractivity contribution in [3.63, 3.8) is 0 Å². The number of methoxy groups -OCH3 is 1. The van der Waals surface area contributed by atoms with Crippen LogP contribution in [0.1, 0.15) is 57.4 Å². The van der Waals surface area contributed by atoms with Crippen molar-refractivity contribution in [3.8, 4) is 11.5 Å². The molecule has 10 heteroatoms. The number of ether oxygens (including phenoxy) is 2. The summed E-state index contributed by atoms with van der Waals surface area (Å²) in [4.78, 5) is 14.8. The molecule has 1 fully saturated rings. The summed E-state index contributed by atoms with van der Waals surface area (Å²) in [5.74, 6) is 0.868. The van der Waals surface area contributed by atoms with Gasteiger partial charge in [0, 0.05) is 11.0 Å². The van der Waals surface area contributed by atoms with Crippen LogP contribution in [0.2, 0.25) is 0 Å². The molecule has 0 aliphatic carbocycles. The van der Waals surface area contributed by atoms with Gasteiger partial charge in [-0.3, -0.25) is 9.69 Å². The number of benzene rings is 2. The zero-order valence-corrected chi connectivity index (χ0v) is 25.6. The number of amides is 1. The number of carbonyl (C=O) groups excluding carboxylic acids is 1. The maximum absolute atomic E-state index is 13.1. The highest BCUT2D eigenvalue weighted by Gasteiger charge is 2.34. The Bertz CT molecular complexity index is 1310. The summed E-state index contributed by atoms with van der Waals surface area (Å²) in [6.45, 7) is 6.65. The van der Waals surface area contributed by atoms with Crippen LogP contribution in [0.5, 0.6) is 11.5 Å². The van der Waals surface area contributed by atoms with Crippen LogP contribution in [0.15, 0.2) is 73.8 Å². The second-order valence-electron chi connectivity index (χ2n) is 9.00. The molecule has 0 aromatic heterocycles. The van der Waals surface area contributed by atoms with Gasteiger partial charge in [0.1, 0.15) is 0 Å². The van der Waals surface area contributed by atoms with Crippen LogP contribution in [0.25, 0.3) is 6.08 Å². The number of hydrogen-bond donors (Lipinski definition) is 0. The smallest absolute Gasteiger partial charge is 0.284 e. The number of halogens is 1. The molecule has 0 saturated carbocycles. The summed E-state index contributed by atoms with van der Waals surface area (Å²) in [5, 5.41) is 0.0793. The first-order valence-corrected chi connectivity index (χ1v) is 16.1. The molecule has 0 bridgehead atoms. The average molecular weight is 636 g/mol. The lowest BCUT2D eigenvalue weighted by atomic mass is 10.1. The first-order chi connectivity index (χ1) is 18.8. The fourth-order valence-electron chi connectivity index (χ4n) is 3.91. The molecule has 1 amide bonds. The maximum Gasteiger partial charge on any atom is 0.284 e. The SMILES string of the molecule is C=CCN1C(=O)C(=Cc2ccc(OCCCCCCCCC)c(OC)c2)SC1=NS(=O)(=O)c1ccc(Br)cc1. The van der Waals surface area contributed by atoms with E-state index in [1.54, 1.807) is 31.4 Å². The highest BCUT2D eigenvalue weighted by molar-refractivity contribution is 9.10. The second kappa shape index (κ2) is 15.3. The third-order valence-electron chi connectivity index (χ3n) is 6.00. The van der Waals surface area contributed by atoms with Gasteiger partial charge in [-0.25, -0.2) is 0 Å². The van der Waals surface area contributed by atoms with Gasteiger partial charge < -0.3 is 9.47 Å². The minimum Gasteiger partial charge on any atom is -0.493 e. The van der Waals surface area contributed by atoms with E-state index in [1.165, 1.54) is 55.2 Å². The molecule has 1 aliphatic rings. The highest BCUT2D eigenvalue weighted by Crippen LogP contribution is 2.35. The highest BCUT2D eigenvalue weighted by atomic mass is 79.9. The van der Waals surface area contributed by atoms with Crippen molar-refractivity contribution < 1.29 is 22.7 Å². The molecule has 0 N–H and O–H groups in total. The lowest BCUT2D eigenvalue weighted by Gasteiger charge is -2.12. The summed E-state index contributed by atoms with van der Waals surface area (Å²) in [5.41, 5.74) is 0.724. The number of carbonyl (C=O) groups is 1. The Morgan fingerprint density at radius 3 is 2.38 bits per heavy atom. The predicted octanol–water partition coefficient (Wildman–Crippen LogP) is 7.43. The van der Waals surface area contributed by atoms with E-state index in [0.717, 1.165) is 34.6 Å². The van der Waals surface area contributed by atoms with Gasteiger partial charge in [0.15, 0.2) is 16.7 Å². The molecule has 1 saturated heterocycles. The molecule has 39 heavy (non-hydrogen) atoms. The molecular formula is C29H35BrN2O5S2. The Hall–Kier alpha value is -2.56. The van der Waals surface area contributed by atoms with E-state index in [2.05, 4.69) is 33.8 Å². The summed E-state index contributed by atoms with van der Waals surface area (Å²) in [6.07, 6.45) is 11.7. The second-order valence-corrected chi connectivity index (χ2v) is 12.5. The summed E-state index contributed by atoms with van der Waals surface area (Å²) >= 11 is 4.31. The topological polar surface area (TPSA) is 85.3 Å². The van der Waals surface area contributed by atoms with Crippen LogP contribution in [0.4, 0.5) is 0 Å². The molecule has 0 unspecified atom stereocenters. The largest absolute Gasteiger partial charge is 0.493 e. The summed E-state index contributed by atoms with van der Waals surface area (Å²) in [6, 6.07) is 11.6. The molecule has 3 rings (SSSR count). The number of thioether (sulfide) groups is 1. The summed E-state index contributed by atoms with van der Waals surface area (Å²) < 4.78 is 42.0. The van der Waals surface area contributed by atoms with Crippen molar-refractivity contribution in [1.29, 1.82) is 0 Å². The minimum absolute atomic E-state index is 0.0408. The molecule has 210 valence electrons. The Kier molecular flexibility index (Phi) is 12.1. The number of nitrogens with zero attached hydrogens (tertiary/aromatic N) is 2. The van der Waals surface area contributed by atoms with Crippen LogP contribution in [0.3, 0.4) is 0 Å². The predicted molar refractivity (Wildman–Crippen MR) is 163 cm³/mol. The standard InChI is InChI=1S/C29H35BrN2O5S2/c1-4-6-7-8-9-10-11-19-37-25-17-12-22(20-26(25)36-3)21-27-28(33)32(18-5-2)29(38-27)31-39(34,35)24-15-13-23(30)14-16-24/h5,12-17,20-21H,2,4,6-11,18-19H2,1,3H3. The lowest BCUT2D eigenvalue weighted by molar-refractivity contribution is -0.121. The third-order valence-corrected chi connectivity index (χ3v) is 8.93. The Labute approximate surface area is 244 Å². The first kappa shape index (κ1) is 31.0. The van der Waals surface area contributed by atoms with Crippen molar-refractivity contribution in [3.05, 3.63) is 70.1 Å². The monoisotopic (exact) mass is 634 g/mol. The number of amidine groups is 1. The molecule has 0 radical (unpaired) electrons. The Morgan fingerprint density at radius 2 is 1.72 bits per heavy atom. The van der Waals surface area contributed by atoms with Crippen molar-refractivity contribution >= 4 is 54.9 Å². The minimum atomic E-state index is -4.01. The Balaban J connectivity index is 1.72. The lowest BCUT2D eigenvalue weighted by Crippen LogP contribution is -2.29. The van der Waals surface area contributed by atoms with Gasteiger partial charge in [-0.1, -0.05) is 73.5 Å². The van der Waals surface area contributed by atoms with Crippen LogP contribution < -0.4 is 9.47 Å². The van der Waals surface area contributed by atoms with Gasteiger partial charge in [0.25, 0.3) is 15.9 Å². The van der Waals surface area contributed by atoms with Crippen molar-refractivity contribution in [1.82, 2.24) is 4.90 Å². The fourth-order valence-corrected chi connectivity index (χ4v) is 6.37. The van der Waals surface area contributed by atoms with Gasteiger partial charge in [0.2, 0.25) is 0 Å². The van der Waals surface area contributed by atoms with Gasteiger partial charge in [-0.2, -0.15) is 8.42 Å². The fraction of sp³-hybridized carbons (Fsp3) is 0.379. The molecule has 1 heterocycles. The van der Waals surface area contributed by atoms with Crippen molar-refractivity contribution in [2.45, 2.75) is 56.8 Å². The van der Waals surface area contributed by atoms with Crippen molar-refractivity contribution in [2.75, 3.05) is 20.3 Å². The van der Waals surface area contributed by atoms with E-state index in [-0.39, 0.29) is 22.5 Å². The average Bonchev–Trinajstić information content (AvgIpc) is 3.19.